The predicted molar refractivity (Wildman–Crippen MR) is 91.7 cm³/mol. The Hall–Kier alpha value is -2.80. The van der Waals surface area contributed by atoms with Crippen molar-refractivity contribution < 1.29 is 14.3 Å². The van der Waals surface area contributed by atoms with Crippen molar-refractivity contribution in [2.24, 2.45) is 0 Å². The van der Waals surface area contributed by atoms with Gasteiger partial charge in [0.15, 0.2) is 6.61 Å². The lowest BCUT2D eigenvalue weighted by Crippen LogP contribution is -2.15. The van der Waals surface area contributed by atoms with E-state index in [1.54, 1.807) is 24.3 Å². The molecule has 0 bridgehead atoms. The third kappa shape index (κ3) is 4.60. The van der Waals surface area contributed by atoms with Crippen LogP contribution in [0.15, 0.2) is 42.5 Å². The molecule has 0 aliphatic heterocycles. The van der Waals surface area contributed by atoms with Crippen LogP contribution in [-0.4, -0.2) is 12.6 Å². The van der Waals surface area contributed by atoms with Gasteiger partial charge in [0.25, 0.3) is 0 Å². The SMILES string of the molecule is Cc1cc(OCC(=O)OCc2ccccc2C#N)ccc1C(C)C. The molecule has 0 aromatic heterocycles. The van der Waals surface area contributed by atoms with E-state index in [9.17, 15) is 4.79 Å². The van der Waals surface area contributed by atoms with Gasteiger partial charge in [-0.3, -0.25) is 0 Å². The maximum atomic E-state index is 11.8. The molecule has 0 unspecified atom stereocenters. The van der Waals surface area contributed by atoms with E-state index in [1.165, 1.54) is 5.56 Å². The molecule has 0 aliphatic carbocycles. The first-order valence-corrected chi connectivity index (χ1v) is 7.88. The Morgan fingerprint density at radius 2 is 1.96 bits per heavy atom. The fraction of sp³-hybridized carbons (Fsp3) is 0.300. The van der Waals surface area contributed by atoms with Gasteiger partial charge in [0, 0.05) is 5.56 Å². The largest absolute Gasteiger partial charge is 0.482 e. The first-order valence-electron chi connectivity index (χ1n) is 7.88. The molecule has 2 rings (SSSR count). The van der Waals surface area contributed by atoms with Crippen molar-refractivity contribution in [2.45, 2.75) is 33.3 Å². The van der Waals surface area contributed by atoms with Crippen molar-refractivity contribution in [1.29, 1.82) is 5.26 Å². The molecule has 0 aliphatic rings. The van der Waals surface area contributed by atoms with E-state index in [0.29, 0.717) is 22.8 Å². The molecule has 124 valence electrons. The number of carbonyl (C=O) groups excluding carboxylic acids is 1. The van der Waals surface area contributed by atoms with Gasteiger partial charge in [-0.2, -0.15) is 5.26 Å². The van der Waals surface area contributed by atoms with Crippen LogP contribution >= 0.6 is 0 Å². The molecular weight excluding hydrogens is 302 g/mol. The second kappa shape index (κ2) is 8.16. The van der Waals surface area contributed by atoms with Crippen LogP contribution in [0.1, 0.15) is 42.0 Å². The maximum absolute atomic E-state index is 11.8. The minimum atomic E-state index is -0.465. The molecule has 0 atom stereocenters. The van der Waals surface area contributed by atoms with Crippen LogP contribution in [0, 0.1) is 18.3 Å². The average molecular weight is 323 g/mol. The summed E-state index contributed by atoms with van der Waals surface area (Å²) in [7, 11) is 0. The molecule has 0 radical (unpaired) electrons. The highest BCUT2D eigenvalue weighted by Crippen LogP contribution is 2.23. The van der Waals surface area contributed by atoms with Crippen LogP contribution in [0.3, 0.4) is 0 Å². The summed E-state index contributed by atoms with van der Waals surface area (Å²) in [5, 5.41) is 9.01. The lowest BCUT2D eigenvalue weighted by Gasteiger charge is -2.12. The van der Waals surface area contributed by atoms with Crippen molar-refractivity contribution in [3.63, 3.8) is 0 Å². The molecule has 4 nitrogen and oxygen atoms in total. The summed E-state index contributed by atoms with van der Waals surface area (Å²) < 4.78 is 10.7. The summed E-state index contributed by atoms with van der Waals surface area (Å²) in [4.78, 5) is 11.8. The molecule has 0 amide bonds. The zero-order valence-corrected chi connectivity index (χ0v) is 14.2. The number of rotatable bonds is 6. The van der Waals surface area contributed by atoms with Crippen LogP contribution in [0.5, 0.6) is 5.75 Å². The Morgan fingerprint density at radius 1 is 1.21 bits per heavy atom. The van der Waals surface area contributed by atoms with E-state index in [4.69, 9.17) is 14.7 Å². The monoisotopic (exact) mass is 323 g/mol. The van der Waals surface area contributed by atoms with E-state index in [0.717, 1.165) is 5.56 Å². The number of benzene rings is 2. The molecule has 0 N–H and O–H groups in total. The fourth-order valence-electron chi connectivity index (χ4n) is 2.48. The van der Waals surface area contributed by atoms with Crippen LogP contribution in [0.4, 0.5) is 0 Å². The molecule has 0 fully saturated rings. The number of hydrogen-bond acceptors (Lipinski definition) is 4. The second-order valence-electron chi connectivity index (χ2n) is 5.89. The lowest BCUT2D eigenvalue weighted by atomic mass is 9.98. The van der Waals surface area contributed by atoms with Gasteiger partial charge in [0.05, 0.1) is 11.6 Å². The van der Waals surface area contributed by atoms with Crippen molar-refractivity contribution in [1.82, 2.24) is 0 Å². The summed E-state index contributed by atoms with van der Waals surface area (Å²) in [5.41, 5.74) is 3.59. The van der Waals surface area contributed by atoms with Crippen LogP contribution in [-0.2, 0) is 16.1 Å². The molecule has 2 aromatic rings. The number of nitrogens with zero attached hydrogens (tertiary/aromatic N) is 1. The van der Waals surface area contributed by atoms with Gasteiger partial charge in [0.2, 0.25) is 0 Å². The topological polar surface area (TPSA) is 59.3 Å². The van der Waals surface area contributed by atoms with Gasteiger partial charge in [0.1, 0.15) is 12.4 Å². The van der Waals surface area contributed by atoms with Crippen LogP contribution < -0.4 is 4.74 Å². The minimum absolute atomic E-state index is 0.0667. The number of aryl methyl sites for hydroxylation is 1. The van der Waals surface area contributed by atoms with Gasteiger partial charge in [-0.1, -0.05) is 38.1 Å². The number of nitriles is 1. The highest BCUT2D eigenvalue weighted by atomic mass is 16.6. The molecule has 2 aromatic carbocycles. The Balaban J connectivity index is 1.87. The van der Waals surface area contributed by atoms with Crippen LogP contribution in [0.25, 0.3) is 0 Å². The predicted octanol–water partition coefficient (Wildman–Crippen LogP) is 4.11. The lowest BCUT2D eigenvalue weighted by molar-refractivity contribution is -0.147. The third-order valence-electron chi connectivity index (χ3n) is 3.75. The summed E-state index contributed by atoms with van der Waals surface area (Å²) in [6.07, 6.45) is 0. The normalized spacial score (nSPS) is 10.3. The molecule has 0 saturated carbocycles. The highest BCUT2D eigenvalue weighted by Gasteiger charge is 2.09. The molecule has 24 heavy (non-hydrogen) atoms. The summed E-state index contributed by atoms with van der Waals surface area (Å²) in [5.74, 6) is 0.629. The van der Waals surface area contributed by atoms with E-state index in [1.807, 2.05) is 25.1 Å². The van der Waals surface area contributed by atoms with Gasteiger partial charge < -0.3 is 9.47 Å². The van der Waals surface area contributed by atoms with E-state index in [2.05, 4.69) is 19.9 Å². The average Bonchev–Trinajstić information content (AvgIpc) is 2.58. The van der Waals surface area contributed by atoms with E-state index >= 15 is 0 Å². The molecule has 4 heteroatoms. The zero-order valence-electron chi connectivity index (χ0n) is 14.2. The maximum Gasteiger partial charge on any atom is 0.344 e. The molecule has 0 spiro atoms. The number of esters is 1. The van der Waals surface area contributed by atoms with Gasteiger partial charge in [-0.05, 0) is 42.2 Å². The Bertz CT molecular complexity index is 760. The standard InChI is InChI=1S/C20H21NO3/c1-14(2)19-9-8-18(10-15(19)3)23-13-20(22)24-12-17-7-5-4-6-16(17)11-21/h4-10,14H,12-13H2,1-3H3. The quantitative estimate of drug-likeness (QED) is 0.751. The first-order chi connectivity index (χ1) is 11.5. The molecule has 0 saturated heterocycles. The third-order valence-corrected chi connectivity index (χ3v) is 3.75. The Kier molecular flexibility index (Phi) is 5.97. The second-order valence-corrected chi connectivity index (χ2v) is 5.89. The van der Waals surface area contributed by atoms with Gasteiger partial charge in [-0.15, -0.1) is 0 Å². The highest BCUT2D eigenvalue weighted by molar-refractivity contribution is 5.71. The van der Waals surface area contributed by atoms with Crippen molar-refractivity contribution in [3.8, 4) is 11.8 Å². The Morgan fingerprint density at radius 3 is 2.62 bits per heavy atom. The van der Waals surface area contributed by atoms with E-state index in [-0.39, 0.29) is 13.2 Å². The first kappa shape index (κ1) is 17.6. The van der Waals surface area contributed by atoms with Crippen molar-refractivity contribution in [3.05, 3.63) is 64.7 Å². The Labute approximate surface area is 142 Å². The zero-order chi connectivity index (χ0) is 17.5. The summed E-state index contributed by atoms with van der Waals surface area (Å²) >= 11 is 0. The molecule has 0 heterocycles. The van der Waals surface area contributed by atoms with Crippen LogP contribution in [0.2, 0.25) is 0 Å². The summed E-state index contributed by atoms with van der Waals surface area (Å²) in [6.45, 7) is 6.21. The summed E-state index contributed by atoms with van der Waals surface area (Å²) in [6, 6.07) is 14.9. The van der Waals surface area contributed by atoms with Crippen molar-refractivity contribution >= 4 is 5.97 Å². The van der Waals surface area contributed by atoms with E-state index < -0.39 is 5.97 Å². The van der Waals surface area contributed by atoms with Gasteiger partial charge >= 0.3 is 5.97 Å². The van der Waals surface area contributed by atoms with Crippen molar-refractivity contribution in [2.75, 3.05) is 6.61 Å². The fourth-order valence-corrected chi connectivity index (χ4v) is 2.48. The number of ether oxygens (including phenoxy) is 2. The smallest absolute Gasteiger partial charge is 0.344 e. The molecular formula is C20H21NO3. The minimum Gasteiger partial charge on any atom is -0.482 e. The number of hydrogen-bond donors (Lipinski definition) is 0. The number of carbonyl (C=O) groups is 1. The van der Waals surface area contributed by atoms with Gasteiger partial charge in [-0.25, -0.2) is 4.79 Å².